The Morgan fingerprint density at radius 3 is 2.89 bits per heavy atom. The SMILES string of the molecule is CNc1ccc(Cn2cccc2C#N)cc1[N+](=O)[O-]. The van der Waals surface area contributed by atoms with Gasteiger partial charge in [0, 0.05) is 25.9 Å². The van der Waals surface area contributed by atoms with Crippen LogP contribution in [0.5, 0.6) is 0 Å². The van der Waals surface area contributed by atoms with Crippen LogP contribution < -0.4 is 5.32 Å². The van der Waals surface area contributed by atoms with E-state index in [0.29, 0.717) is 17.9 Å². The zero-order valence-corrected chi connectivity index (χ0v) is 10.3. The fourth-order valence-corrected chi connectivity index (χ4v) is 1.89. The predicted molar refractivity (Wildman–Crippen MR) is 70.9 cm³/mol. The summed E-state index contributed by atoms with van der Waals surface area (Å²) in [6, 6.07) is 10.5. The fourth-order valence-electron chi connectivity index (χ4n) is 1.89. The molecule has 19 heavy (non-hydrogen) atoms. The summed E-state index contributed by atoms with van der Waals surface area (Å²) in [5, 5.41) is 22.7. The van der Waals surface area contributed by atoms with E-state index in [0.717, 1.165) is 5.56 Å². The molecule has 1 N–H and O–H groups in total. The van der Waals surface area contributed by atoms with Gasteiger partial charge in [0.05, 0.1) is 4.92 Å². The Bertz CT molecular complexity index is 655. The zero-order chi connectivity index (χ0) is 13.8. The molecule has 1 aromatic carbocycles. The average molecular weight is 256 g/mol. The number of rotatable bonds is 4. The topological polar surface area (TPSA) is 83.9 Å². The lowest BCUT2D eigenvalue weighted by Crippen LogP contribution is -2.03. The number of nitrogens with zero attached hydrogens (tertiary/aromatic N) is 3. The molecule has 96 valence electrons. The third-order valence-corrected chi connectivity index (χ3v) is 2.83. The van der Waals surface area contributed by atoms with Gasteiger partial charge in [0.25, 0.3) is 5.69 Å². The van der Waals surface area contributed by atoms with Gasteiger partial charge in [0.15, 0.2) is 0 Å². The van der Waals surface area contributed by atoms with Crippen LogP contribution in [0.3, 0.4) is 0 Å². The summed E-state index contributed by atoms with van der Waals surface area (Å²) in [4.78, 5) is 10.5. The molecule has 6 nitrogen and oxygen atoms in total. The molecule has 0 spiro atoms. The fraction of sp³-hybridized carbons (Fsp3) is 0.154. The van der Waals surface area contributed by atoms with Crippen molar-refractivity contribution in [1.29, 1.82) is 5.26 Å². The van der Waals surface area contributed by atoms with Crippen molar-refractivity contribution in [3.8, 4) is 6.07 Å². The lowest BCUT2D eigenvalue weighted by atomic mass is 10.1. The van der Waals surface area contributed by atoms with Crippen molar-refractivity contribution in [2.45, 2.75) is 6.54 Å². The van der Waals surface area contributed by atoms with Crippen molar-refractivity contribution >= 4 is 11.4 Å². The maximum absolute atomic E-state index is 11.0. The molecule has 0 fully saturated rings. The van der Waals surface area contributed by atoms with Crippen molar-refractivity contribution in [2.75, 3.05) is 12.4 Å². The zero-order valence-electron chi connectivity index (χ0n) is 10.3. The van der Waals surface area contributed by atoms with E-state index in [2.05, 4.69) is 11.4 Å². The number of nitriles is 1. The Labute approximate surface area is 110 Å². The van der Waals surface area contributed by atoms with Crippen LogP contribution >= 0.6 is 0 Å². The Morgan fingerprint density at radius 1 is 1.47 bits per heavy atom. The first-order valence-corrected chi connectivity index (χ1v) is 5.66. The number of anilines is 1. The van der Waals surface area contributed by atoms with E-state index in [1.54, 1.807) is 42.1 Å². The molecular weight excluding hydrogens is 244 g/mol. The van der Waals surface area contributed by atoms with Gasteiger partial charge in [-0.2, -0.15) is 5.26 Å². The van der Waals surface area contributed by atoms with Gasteiger partial charge >= 0.3 is 0 Å². The molecule has 0 amide bonds. The molecule has 0 saturated carbocycles. The van der Waals surface area contributed by atoms with Gasteiger partial charge < -0.3 is 9.88 Å². The monoisotopic (exact) mass is 256 g/mol. The molecule has 0 unspecified atom stereocenters. The Balaban J connectivity index is 2.34. The highest BCUT2D eigenvalue weighted by atomic mass is 16.6. The summed E-state index contributed by atoms with van der Waals surface area (Å²) in [6.07, 6.45) is 1.77. The van der Waals surface area contributed by atoms with Gasteiger partial charge in [-0.05, 0) is 23.8 Å². The number of nitrogens with one attached hydrogen (secondary N) is 1. The van der Waals surface area contributed by atoms with E-state index in [1.807, 2.05) is 0 Å². The molecule has 2 rings (SSSR count). The largest absolute Gasteiger partial charge is 0.383 e. The number of benzene rings is 1. The normalized spacial score (nSPS) is 9.89. The maximum Gasteiger partial charge on any atom is 0.292 e. The number of nitro benzene ring substituents is 1. The van der Waals surface area contributed by atoms with E-state index in [-0.39, 0.29) is 5.69 Å². The first kappa shape index (κ1) is 12.6. The number of hydrogen-bond acceptors (Lipinski definition) is 4. The highest BCUT2D eigenvalue weighted by molar-refractivity contribution is 5.62. The molecule has 0 aliphatic heterocycles. The third kappa shape index (κ3) is 2.55. The van der Waals surface area contributed by atoms with Gasteiger partial charge in [-0.3, -0.25) is 10.1 Å². The van der Waals surface area contributed by atoms with Crippen LogP contribution in [0.1, 0.15) is 11.3 Å². The van der Waals surface area contributed by atoms with Gasteiger partial charge in [-0.15, -0.1) is 0 Å². The van der Waals surface area contributed by atoms with Crippen LogP contribution in [-0.4, -0.2) is 16.5 Å². The molecule has 0 atom stereocenters. The van der Waals surface area contributed by atoms with Gasteiger partial charge in [0.2, 0.25) is 0 Å². The first-order valence-electron chi connectivity index (χ1n) is 5.66. The maximum atomic E-state index is 11.0. The summed E-state index contributed by atoms with van der Waals surface area (Å²) < 4.78 is 1.75. The Kier molecular flexibility index (Phi) is 3.48. The molecule has 0 saturated heterocycles. The molecule has 0 radical (unpaired) electrons. The van der Waals surface area contributed by atoms with Crippen molar-refractivity contribution in [3.05, 3.63) is 57.9 Å². The van der Waals surface area contributed by atoms with Crippen molar-refractivity contribution in [2.24, 2.45) is 0 Å². The first-order chi connectivity index (χ1) is 9.15. The van der Waals surface area contributed by atoms with Crippen molar-refractivity contribution in [3.63, 3.8) is 0 Å². The number of hydrogen-bond donors (Lipinski definition) is 1. The second-order valence-corrected chi connectivity index (χ2v) is 3.99. The van der Waals surface area contributed by atoms with Gasteiger partial charge in [0.1, 0.15) is 17.5 Å². The second-order valence-electron chi connectivity index (χ2n) is 3.99. The van der Waals surface area contributed by atoms with E-state index in [9.17, 15) is 10.1 Å². The molecule has 2 aromatic rings. The Morgan fingerprint density at radius 2 is 2.26 bits per heavy atom. The summed E-state index contributed by atoms with van der Waals surface area (Å²) in [5.74, 6) is 0. The minimum absolute atomic E-state index is 0.0330. The van der Waals surface area contributed by atoms with E-state index < -0.39 is 4.92 Å². The van der Waals surface area contributed by atoms with Crippen LogP contribution in [-0.2, 0) is 6.54 Å². The number of nitro groups is 1. The third-order valence-electron chi connectivity index (χ3n) is 2.83. The van der Waals surface area contributed by atoms with Gasteiger partial charge in [-0.1, -0.05) is 6.07 Å². The smallest absolute Gasteiger partial charge is 0.292 e. The highest BCUT2D eigenvalue weighted by Crippen LogP contribution is 2.25. The van der Waals surface area contributed by atoms with E-state index in [1.165, 1.54) is 6.07 Å². The van der Waals surface area contributed by atoms with Crippen molar-refractivity contribution < 1.29 is 4.92 Å². The summed E-state index contributed by atoms with van der Waals surface area (Å²) >= 11 is 0. The molecular formula is C13H12N4O2. The lowest BCUT2D eigenvalue weighted by molar-refractivity contribution is -0.384. The minimum Gasteiger partial charge on any atom is -0.383 e. The number of aromatic nitrogens is 1. The van der Waals surface area contributed by atoms with Crippen molar-refractivity contribution in [1.82, 2.24) is 4.57 Å². The molecule has 0 bridgehead atoms. The molecule has 0 aliphatic carbocycles. The standard InChI is InChI=1S/C13H12N4O2/c1-15-12-5-4-10(7-13(12)17(18)19)9-16-6-2-3-11(16)8-14/h2-7,15H,9H2,1H3. The highest BCUT2D eigenvalue weighted by Gasteiger charge is 2.13. The summed E-state index contributed by atoms with van der Waals surface area (Å²) in [5.41, 5.74) is 1.81. The van der Waals surface area contributed by atoms with E-state index >= 15 is 0 Å². The van der Waals surface area contributed by atoms with Crippen LogP contribution in [0.2, 0.25) is 0 Å². The molecule has 6 heteroatoms. The lowest BCUT2D eigenvalue weighted by Gasteiger charge is -2.07. The molecule has 1 aromatic heterocycles. The average Bonchev–Trinajstić information content (AvgIpc) is 2.85. The molecule has 1 heterocycles. The van der Waals surface area contributed by atoms with Crippen LogP contribution in [0.15, 0.2) is 36.5 Å². The second kappa shape index (κ2) is 5.23. The van der Waals surface area contributed by atoms with Crippen LogP contribution in [0.4, 0.5) is 11.4 Å². The van der Waals surface area contributed by atoms with Gasteiger partial charge in [-0.25, -0.2) is 0 Å². The quantitative estimate of drug-likeness (QED) is 0.672. The summed E-state index contributed by atoms with van der Waals surface area (Å²) in [6.45, 7) is 0.431. The summed E-state index contributed by atoms with van der Waals surface area (Å²) in [7, 11) is 1.64. The van der Waals surface area contributed by atoms with Crippen LogP contribution in [0.25, 0.3) is 0 Å². The molecule has 0 aliphatic rings. The van der Waals surface area contributed by atoms with Crippen LogP contribution in [0, 0.1) is 21.4 Å². The Hall–Kier alpha value is -2.81. The van der Waals surface area contributed by atoms with E-state index in [4.69, 9.17) is 5.26 Å². The minimum atomic E-state index is -0.420. The predicted octanol–water partition coefficient (Wildman–Crippen LogP) is 2.36.